The first-order chi connectivity index (χ1) is 9.98. The molecular formula is C14H21ClN2O3S. The van der Waals surface area contributed by atoms with Gasteiger partial charge in [0.25, 0.3) is 0 Å². The summed E-state index contributed by atoms with van der Waals surface area (Å²) in [5.74, 6) is 0.423. The molecule has 1 aromatic carbocycles. The molecule has 2 N–H and O–H groups in total. The van der Waals surface area contributed by atoms with Gasteiger partial charge in [-0.3, -0.25) is 0 Å². The number of hydrogen-bond acceptors (Lipinski definition) is 4. The van der Waals surface area contributed by atoms with Crippen LogP contribution in [0, 0.1) is 5.92 Å². The fourth-order valence-corrected chi connectivity index (χ4v) is 4.56. The smallest absolute Gasteiger partial charge is 0.244 e. The summed E-state index contributed by atoms with van der Waals surface area (Å²) in [6.07, 6.45) is 1.61. The molecule has 1 aromatic rings. The Labute approximate surface area is 131 Å². The largest absolute Gasteiger partial charge is 0.384 e. The number of benzene rings is 1. The molecule has 0 bridgehead atoms. The number of ether oxygens (including phenoxy) is 1. The Bertz CT molecular complexity index is 584. The highest BCUT2D eigenvalue weighted by Gasteiger charge is 2.30. The van der Waals surface area contributed by atoms with Crippen molar-refractivity contribution in [1.29, 1.82) is 0 Å². The highest BCUT2D eigenvalue weighted by atomic mass is 35.5. The van der Waals surface area contributed by atoms with Gasteiger partial charge in [0, 0.05) is 33.4 Å². The van der Waals surface area contributed by atoms with Crippen molar-refractivity contribution in [2.24, 2.45) is 11.7 Å². The van der Waals surface area contributed by atoms with Crippen LogP contribution in [0.15, 0.2) is 23.1 Å². The van der Waals surface area contributed by atoms with E-state index in [2.05, 4.69) is 0 Å². The molecule has 0 saturated carbocycles. The van der Waals surface area contributed by atoms with Crippen molar-refractivity contribution in [1.82, 2.24) is 4.31 Å². The zero-order valence-corrected chi connectivity index (χ0v) is 13.7. The maximum atomic E-state index is 12.7. The van der Waals surface area contributed by atoms with E-state index >= 15 is 0 Å². The van der Waals surface area contributed by atoms with Crippen LogP contribution < -0.4 is 5.73 Å². The monoisotopic (exact) mass is 332 g/mol. The van der Waals surface area contributed by atoms with Crippen molar-refractivity contribution in [2.75, 3.05) is 26.8 Å². The normalized spacial score (nSPS) is 18.0. The van der Waals surface area contributed by atoms with Crippen LogP contribution in [-0.2, 0) is 21.3 Å². The van der Waals surface area contributed by atoms with Crippen molar-refractivity contribution in [3.8, 4) is 0 Å². The van der Waals surface area contributed by atoms with Gasteiger partial charge in [-0.05, 0) is 36.5 Å². The molecule has 5 nitrogen and oxygen atoms in total. The summed E-state index contributed by atoms with van der Waals surface area (Å²) >= 11 is 6.07. The molecule has 2 rings (SSSR count). The van der Waals surface area contributed by atoms with Crippen molar-refractivity contribution >= 4 is 21.6 Å². The highest BCUT2D eigenvalue weighted by molar-refractivity contribution is 7.89. The lowest BCUT2D eigenvalue weighted by molar-refractivity contribution is 0.121. The van der Waals surface area contributed by atoms with Gasteiger partial charge in [-0.25, -0.2) is 8.42 Å². The molecule has 0 atom stereocenters. The first-order valence-corrected chi connectivity index (χ1v) is 8.78. The number of piperidine rings is 1. The minimum Gasteiger partial charge on any atom is -0.384 e. The van der Waals surface area contributed by atoms with E-state index in [1.807, 2.05) is 0 Å². The van der Waals surface area contributed by atoms with Gasteiger partial charge >= 0.3 is 0 Å². The molecule has 0 aliphatic carbocycles. The van der Waals surface area contributed by atoms with Gasteiger partial charge in [-0.1, -0.05) is 17.7 Å². The van der Waals surface area contributed by atoms with Crippen molar-refractivity contribution in [3.05, 3.63) is 28.8 Å². The van der Waals surface area contributed by atoms with Gasteiger partial charge in [0.2, 0.25) is 10.0 Å². The maximum Gasteiger partial charge on any atom is 0.244 e. The number of nitrogens with two attached hydrogens (primary N) is 1. The van der Waals surface area contributed by atoms with Crippen molar-refractivity contribution in [2.45, 2.75) is 24.3 Å². The number of rotatable bonds is 5. The minimum atomic E-state index is -3.56. The second kappa shape index (κ2) is 7.07. The van der Waals surface area contributed by atoms with Crippen LogP contribution >= 0.6 is 11.6 Å². The van der Waals surface area contributed by atoms with Crippen LogP contribution in [0.2, 0.25) is 5.02 Å². The molecule has 7 heteroatoms. The van der Waals surface area contributed by atoms with Crippen molar-refractivity contribution < 1.29 is 13.2 Å². The van der Waals surface area contributed by atoms with E-state index in [0.29, 0.717) is 25.6 Å². The Kier molecular flexibility index (Phi) is 5.62. The topological polar surface area (TPSA) is 72.6 Å². The first-order valence-electron chi connectivity index (χ1n) is 6.96. The SMILES string of the molecule is COCC1CCN(S(=O)(=O)c2cc(CN)ccc2Cl)CC1. The zero-order chi connectivity index (χ0) is 15.5. The molecule has 1 aliphatic heterocycles. The van der Waals surface area contributed by atoms with Crippen LogP contribution in [0.3, 0.4) is 0 Å². The second-order valence-corrected chi connectivity index (χ2v) is 7.59. The molecule has 21 heavy (non-hydrogen) atoms. The van der Waals surface area contributed by atoms with Crippen LogP contribution in [0.1, 0.15) is 18.4 Å². The Morgan fingerprint density at radius 1 is 1.38 bits per heavy atom. The lowest BCUT2D eigenvalue weighted by atomic mass is 9.99. The van der Waals surface area contributed by atoms with Gasteiger partial charge < -0.3 is 10.5 Å². The summed E-state index contributed by atoms with van der Waals surface area (Å²) in [7, 11) is -1.89. The molecule has 0 aromatic heterocycles. The van der Waals surface area contributed by atoms with E-state index in [1.54, 1.807) is 25.3 Å². The van der Waals surface area contributed by atoms with Crippen LogP contribution in [0.5, 0.6) is 0 Å². The molecular weight excluding hydrogens is 312 g/mol. The number of nitrogens with zero attached hydrogens (tertiary/aromatic N) is 1. The van der Waals surface area contributed by atoms with Gasteiger partial charge in [0.05, 0.1) is 5.02 Å². The fourth-order valence-electron chi connectivity index (χ4n) is 2.56. The van der Waals surface area contributed by atoms with Crippen molar-refractivity contribution in [3.63, 3.8) is 0 Å². The van der Waals surface area contributed by atoms with E-state index in [-0.39, 0.29) is 16.5 Å². The molecule has 118 valence electrons. The second-order valence-electron chi connectivity index (χ2n) is 5.27. The Hall–Kier alpha value is -0.660. The molecule has 0 amide bonds. The third-order valence-electron chi connectivity index (χ3n) is 3.83. The molecule has 1 heterocycles. The number of hydrogen-bond donors (Lipinski definition) is 1. The molecule has 1 fully saturated rings. The summed E-state index contributed by atoms with van der Waals surface area (Å²) < 4.78 is 32.1. The predicted molar refractivity (Wildman–Crippen MR) is 82.7 cm³/mol. The number of methoxy groups -OCH3 is 1. The first kappa shape index (κ1) is 16.7. The summed E-state index contributed by atoms with van der Waals surface area (Å²) in [6.45, 7) is 1.96. The Morgan fingerprint density at radius 2 is 2.05 bits per heavy atom. The summed E-state index contributed by atoms with van der Waals surface area (Å²) in [6, 6.07) is 4.90. The number of sulfonamides is 1. The average molecular weight is 333 g/mol. The van der Waals surface area contributed by atoms with E-state index in [0.717, 1.165) is 18.4 Å². The van der Waals surface area contributed by atoms with Crippen LogP contribution in [0.4, 0.5) is 0 Å². The molecule has 0 spiro atoms. The van der Waals surface area contributed by atoms with Gasteiger partial charge in [0.1, 0.15) is 4.90 Å². The van der Waals surface area contributed by atoms with E-state index in [9.17, 15) is 8.42 Å². The predicted octanol–water partition coefficient (Wildman–Crippen LogP) is 1.85. The Balaban J connectivity index is 2.19. The van der Waals surface area contributed by atoms with E-state index < -0.39 is 10.0 Å². The minimum absolute atomic E-state index is 0.150. The third-order valence-corrected chi connectivity index (χ3v) is 6.21. The molecule has 1 aliphatic rings. The quantitative estimate of drug-likeness (QED) is 0.893. The Morgan fingerprint density at radius 3 is 2.62 bits per heavy atom. The fraction of sp³-hybridized carbons (Fsp3) is 0.571. The zero-order valence-electron chi connectivity index (χ0n) is 12.1. The molecule has 1 saturated heterocycles. The van der Waals surface area contributed by atoms with Gasteiger partial charge in [-0.15, -0.1) is 0 Å². The number of halogens is 1. The van der Waals surface area contributed by atoms with E-state index in [4.69, 9.17) is 22.1 Å². The van der Waals surface area contributed by atoms with Crippen LogP contribution in [0.25, 0.3) is 0 Å². The third kappa shape index (κ3) is 3.76. The standard InChI is InChI=1S/C14H21ClN2O3S/c1-20-10-11-4-6-17(7-5-11)21(18,19)14-8-12(9-16)2-3-13(14)15/h2-3,8,11H,4-7,9-10,16H2,1H3. The maximum absolute atomic E-state index is 12.7. The molecule has 0 unspecified atom stereocenters. The summed E-state index contributed by atoms with van der Waals surface area (Å²) in [5.41, 5.74) is 6.33. The van der Waals surface area contributed by atoms with Crippen LogP contribution in [-0.4, -0.2) is 39.5 Å². The lowest BCUT2D eigenvalue weighted by Gasteiger charge is -2.31. The summed E-state index contributed by atoms with van der Waals surface area (Å²) in [5, 5.41) is 0.242. The average Bonchev–Trinajstić information content (AvgIpc) is 2.48. The highest BCUT2D eigenvalue weighted by Crippen LogP contribution is 2.29. The summed E-state index contributed by atoms with van der Waals surface area (Å²) in [4.78, 5) is 0.150. The van der Waals surface area contributed by atoms with Gasteiger partial charge in [-0.2, -0.15) is 4.31 Å². The van der Waals surface area contributed by atoms with Gasteiger partial charge in [0.15, 0.2) is 0 Å². The molecule has 0 radical (unpaired) electrons. The lowest BCUT2D eigenvalue weighted by Crippen LogP contribution is -2.39. The van der Waals surface area contributed by atoms with E-state index in [1.165, 1.54) is 4.31 Å².